The van der Waals surface area contributed by atoms with Gasteiger partial charge in [0.05, 0.1) is 12.2 Å². The predicted octanol–water partition coefficient (Wildman–Crippen LogP) is 4.80. The SMILES string of the molecule is Cc1ccc(CCC(=O)Nc2ccc3c(c2)N(Cc2ccccc2C)C(=O)CO3)cc1. The average molecular weight is 415 g/mol. The third-order valence-corrected chi connectivity index (χ3v) is 5.54. The van der Waals surface area contributed by atoms with Gasteiger partial charge < -0.3 is 15.0 Å². The lowest BCUT2D eigenvalue weighted by atomic mass is 10.1. The Bertz CT molecular complexity index is 1110. The van der Waals surface area contributed by atoms with Crippen molar-refractivity contribution in [2.24, 2.45) is 0 Å². The second kappa shape index (κ2) is 9.04. The van der Waals surface area contributed by atoms with E-state index in [1.165, 1.54) is 5.56 Å². The van der Waals surface area contributed by atoms with Crippen LogP contribution in [-0.4, -0.2) is 18.4 Å². The van der Waals surface area contributed by atoms with Crippen LogP contribution in [0.3, 0.4) is 0 Å². The lowest BCUT2D eigenvalue weighted by Crippen LogP contribution is -2.38. The molecule has 0 aliphatic carbocycles. The van der Waals surface area contributed by atoms with Crippen LogP contribution in [0.25, 0.3) is 0 Å². The molecule has 0 atom stereocenters. The van der Waals surface area contributed by atoms with Gasteiger partial charge in [0.25, 0.3) is 5.91 Å². The van der Waals surface area contributed by atoms with E-state index >= 15 is 0 Å². The Labute approximate surface area is 182 Å². The third kappa shape index (κ3) is 4.94. The van der Waals surface area contributed by atoms with Crippen LogP contribution in [0, 0.1) is 13.8 Å². The number of carbonyl (C=O) groups excluding carboxylic acids is 2. The van der Waals surface area contributed by atoms with Gasteiger partial charge >= 0.3 is 0 Å². The molecule has 0 spiro atoms. The predicted molar refractivity (Wildman–Crippen MR) is 122 cm³/mol. The van der Waals surface area contributed by atoms with E-state index in [0.717, 1.165) is 16.7 Å². The Kier molecular flexibility index (Phi) is 6.03. The molecule has 1 aliphatic rings. The summed E-state index contributed by atoms with van der Waals surface area (Å²) >= 11 is 0. The smallest absolute Gasteiger partial charge is 0.265 e. The quantitative estimate of drug-likeness (QED) is 0.630. The van der Waals surface area contributed by atoms with Crippen LogP contribution in [-0.2, 0) is 22.6 Å². The first-order chi connectivity index (χ1) is 15.0. The van der Waals surface area contributed by atoms with Crippen molar-refractivity contribution in [3.63, 3.8) is 0 Å². The number of nitrogens with zero attached hydrogens (tertiary/aromatic N) is 1. The van der Waals surface area contributed by atoms with Crippen molar-refractivity contribution in [3.8, 4) is 5.75 Å². The molecular formula is C26H26N2O3. The number of carbonyl (C=O) groups is 2. The number of rotatable bonds is 6. The second-order valence-electron chi connectivity index (χ2n) is 7.91. The van der Waals surface area contributed by atoms with Gasteiger partial charge in [-0.05, 0) is 55.2 Å². The number of amides is 2. The van der Waals surface area contributed by atoms with Gasteiger partial charge in [0.2, 0.25) is 5.91 Å². The zero-order valence-corrected chi connectivity index (χ0v) is 17.9. The van der Waals surface area contributed by atoms with E-state index < -0.39 is 0 Å². The molecule has 0 saturated heterocycles. The number of fused-ring (bicyclic) bond motifs is 1. The maximum absolute atomic E-state index is 12.6. The van der Waals surface area contributed by atoms with E-state index in [2.05, 4.69) is 17.4 Å². The fourth-order valence-corrected chi connectivity index (χ4v) is 3.65. The molecule has 0 saturated carbocycles. The molecule has 0 radical (unpaired) electrons. The fourth-order valence-electron chi connectivity index (χ4n) is 3.65. The lowest BCUT2D eigenvalue weighted by Gasteiger charge is -2.30. The van der Waals surface area contributed by atoms with Gasteiger partial charge in [-0.25, -0.2) is 0 Å². The number of hydrogen-bond donors (Lipinski definition) is 1. The summed E-state index contributed by atoms with van der Waals surface area (Å²) in [5.41, 5.74) is 5.88. The van der Waals surface area contributed by atoms with Gasteiger partial charge in [-0.2, -0.15) is 0 Å². The summed E-state index contributed by atoms with van der Waals surface area (Å²) in [6.45, 7) is 4.56. The highest BCUT2D eigenvalue weighted by molar-refractivity contribution is 5.99. The fraction of sp³-hybridized carbons (Fsp3) is 0.231. The first-order valence-electron chi connectivity index (χ1n) is 10.5. The van der Waals surface area contributed by atoms with E-state index in [4.69, 9.17) is 4.74 Å². The molecular weight excluding hydrogens is 388 g/mol. The van der Waals surface area contributed by atoms with Crippen LogP contribution in [0.1, 0.15) is 28.7 Å². The Hall–Kier alpha value is -3.60. The molecule has 158 valence electrons. The van der Waals surface area contributed by atoms with Crippen molar-refractivity contribution in [1.82, 2.24) is 0 Å². The van der Waals surface area contributed by atoms with Crippen molar-refractivity contribution in [2.45, 2.75) is 33.2 Å². The molecule has 0 unspecified atom stereocenters. The van der Waals surface area contributed by atoms with Crippen molar-refractivity contribution in [2.75, 3.05) is 16.8 Å². The molecule has 0 aromatic heterocycles. The van der Waals surface area contributed by atoms with E-state index in [0.29, 0.717) is 36.5 Å². The monoisotopic (exact) mass is 414 g/mol. The molecule has 3 aromatic carbocycles. The summed E-state index contributed by atoms with van der Waals surface area (Å²) in [6.07, 6.45) is 1.07. The van der Waals surface area contributed by atoms with Gasteiger partial charge in [-0.3, -0.25) is 9.59 Å². The Balaban J connectivity index is 1.47. The summed E-state index contributed by atoms with van der Waals surface area (Å²) < 4.78 is 5.60. The molecule has 5 heteroatoms. The third-order valence-electron chi connectivity index (χ3n) is 5.54. The molecule has 1 heterocycles. The van der Waals surface area contributed by atoms with Gasteiger partial charge in [0.15, 0.2) is 6.61 Å². The van der Waals surface area contributed by atoms with Crippen LogP contribution >= 0.6 is 0 Å². The van der Waals surface area contributed by atoms with Gasteiger partial charge in [-0.15, -0.1) is 0 Å². The van der Waals surface area contributed by atoms with E-state index in [9.17, 15) is 9.59 Å². The maximum atomic E-state index is 12.6. The van der Waals surface area contributed by atoms with Crippen LogP contribution in [0.15, 0.2) is 66.7 Å². The zero-order chi connectivity index (χ0) is 21.8. The number of aryl methyl sites for hydroxylation is 3. The number of benzene rings is 3. The largest absolute Gasteiger partial charge is 0.482 e. The highest BCUT2D eigenvalue weighted by atomic mass is 16.5. The first kappa shape index (κ1) is 20.7. The Morgan fingerprint density at radius 1 is 1.03 bits per heavy atom. The Morgan fingerprint density at radius 2 is 1.81 bits per heavy atom. The van der Waals surface area contributed by atoms with Gasteiger partial charge in [-0.1, -0.05) is 54.1 Å². The summed E-state index contributed by atoms with van der Waals surface area (Å²) in [7, 11) is 0. The zero-order valence-electron chi connectivity index (χ0n) is 17.9. The van der Waals surface area contributed by atoms with E-state index in [1.54, 1.807) is 4.90 Å². The van der Waals surface area contributed by atoms with Gasteiger partial charge in [0, 0.05) is 12.1 Å². The van der Waals surface area contributed by atoms with E-state index in [-0.39, 0.29) is 18.4 Å². The minimum Gasteiger partial charge on any atom is -0.482 e. The molecule has 5 nitrogen and oxygen atoms in total. The summed E-state index contributed by atoms with van der Waals surface area (Å²) in [6, 6.07) is 21.6. The summed E-state index contributed by atoms with van der Waals surface area (Å²) in [5.74, 6) is 0.485. The average Bonchev–Trinajstić information content (AvgIpc) is 2.77. The number of ether oxygens (including phenoxy) is 1. The van der Waals surface area contributed by atoms with Crippen molar-refractivity contribution in [1.29, 1.82) is 0 Å². The molecule has 0 fully saturated rings. The second-order valence-corrected chi connectivity index (χ2v) is 7.91. The van der Waals surface area contributed by atoms with Gasteiger partial charge in [0.1, 0.15) is 5.75 Å². The normalized spacial score (nSPS) is 12.8. The van der Waals surface area contributed by atoms with Crippen molar-refractivity contribution >= 4 is 23.2 Å². The topological polar surface area (TPSA) is 58.6 Å². The highest BCUT2D eigenvalue weighted by Crippen LogP contribution is 2.35. The Morgan fingerprint density at radius 3 is 2.58 bits per heavy atom. The molecule has 4 rings (SSSR count). The molecule has 31 heavy (non-hydrogen) atoms. The van der Waals surface area contributed by atoms with E-state index in [1.807, 2.05) is 68.4 Å². The molecule has 2 amide bonds. The van der Waals surface area contributed by atoms with Crippen LogP contribution in [0.2, 0.25) is 0 Å². The summed E-state index contributed by atoms with van der Waals surface area (Å²) in [4.78, 5) is 26.8. The number of nitrogens with one attached hydrogen (secondary N) is 1. The number of anilines is 2. The van der Waals surface area contributed by atoms with Crippen LogP contribution in [0.4, 0.5) is 11.4 Å². The molecule has 1 N–H and O–H groups in total. The lowest BCUT2D eigenvalue weighted by molar-refractivity contribution is -0.121. The molecule has 0 bridgehead atoms. The molecule has 3 aromatic rings. The van der Waals surface area contributed by atoms with Crippen LogP contribution < -0.4 is 15.0 Å². The minimum atomic E-state index is -0.0985. The summed E-state index contributed by atoms with van der Waals surface area (Å²) in [5, 5.41) is 2.95. The minimum absolute atomic E-state index is 0.0150. The van der Waals surface area contributed by atoms with Crippen molar-refractivity contribution < 1.29 is 14.3 Å². The van der Waals surface area contributed by atoms with Crippen LogP contribution in [0.5, 0.6) is 5.75 Å². The first-order valence-corrected chi connectivity index (χ1v) is 10.5. The number of hydrogen-bond acceptors (Lipinski definition) is 3. The molecule has 1 aliphatic heterocycles. The highest BCUT2D eigenvalue weighted by Gasteiger charge is 2.26. The maximum Gasteiger partial charge on any atom is 0.265 e. The van der Waals surface area contributed by atoms with Crippen molar-refractivity contribution in [3.05, 3.63) is 89.0 Å². The standard InChI is InChI=1S/C26H26N2O3/c1-18-7-9-20(10-8-18)11-14-25(29)27-22-12-13-24-23(15-22)28(26(30)17-31-24)16-21-6-4-3-5-19(21)2/h3-10,12-13,15H,11,14,16-17H2,1-2H3,(H,27,29).